The Kier molecular flexibility index (Phi) is 4.56. The van der Waals surface area contributed by atoms with Crippen molar-refractivity contribution < 1.29 is 9.18 Å². The van der Waals surface area contributed by atoms with Crippen LogP contribution >= 0.6 is 35.3 Å². The van der Waals surface area contributed by atoms with Crippen LogP contribution in [0.1, 0.15) is 4.88 Å². The Morgan fingerprint density at radius 3 is 2.82 bits per heavy atom. The van der Waals surface area contributed by atoms with Crippen LogP contribution < -0.4 is 5.32 Å². The molecule has 22 heavy (non-hydrogen) atoms. The fraction of sp³-hybridized carbons (Fsp3) is 0.0667. The number of thiocarbonyl (C=S) groups is 1. The van der Waals surface area contributed by atoms with Gasteiger partial charge in [0.2, 0.25) is 0 Å². The van der Waals surface area contributed by atoms with E-state index in [1.165, 1.54) is 22.7 Å². The lowest BCUT2D eigenvalue weighted by atomic mass is 10.3. The van der Waals surface area contributed by atoms with Crippen molar-refractivity contribution in [3.8, 4) is 0 Å². The number of thioether (sulfide) groups is 1. The summed E-state index contributed by atoms with van der Waals surface area (Å²) in [5.41, 5.74) is 0.346. The van der Waals surface area contributed by atoms with Gasteiger partial charge in [0, 0.05) is 4.88 Å². The van der Waals surface area contributed by atoms with Crippen molar-refractivity contribution in [2.75, 3.05) is 12.0 Å². The summed E-state index contributed by atoms with van der Waals surface area (Å²) in [6.07, 6.45) is 1.83. The van der Waals surface area contributed by atoms with Gasteiger partial charge in [-0.2, -0.15) is 0 Å². The molecule has 3 rings (SSSR count). The molecule has 1 aromatic heterocycles. The third kappa shape index (κ3) is 3.21. The number of thiophene rings is 1. The summed E-state index contributed by atoms with van der Waals surface area (Å²) >= 11 is 8.05. The molecule has 1 N–H and O–H groups in total. The van der Waals surface area contributed by atoms with Crippen molar-refractivity contribution in [3.05, 3.63) is 57.4 Å². The second-order valence-corrected chi connectivity index (χ2v) is 7.09. The van der Waals surface area contributed by atoms with Crippen LogP contribution in [0.5, 0.6) is 0 Å². The fourth-order valence-electron chi connectivity index (χ4n) is 1.91. The maximum absolute atomic E-state index is 13.6. The lowest BCUT2D eigenvalue weighted by molar-refractivity contribution is -0.121. The normalized spacial score (nSPS) is 16.6. The zero-order chi connectivity index (χ0) is 15.5. The van der Waals surface area contributed by atoms with Gasteiger partial charge in [0.25, 0.3) is 5.91 Å². The highest BCUT2D eigenvalue weighted by atomic mass is 32.2. The van der Waals surface area contributed by atoms with Crippen LogP contribution in [0, 0.1) is 5.82 Å². The molecule has 112 valence electrons. The van der Waals surface area contributed by atoms with Gasteiger partial charge in [0.15, 0.2) is 0 Å². The Balaban J connectivity index is 1.71. The van der Waals surface area contributed by atoms with Gasteiger partial charge >= 0.3 is 0 Å². The van der Waals surface area contributed by atoms with Crippen molar-refractivity contribution in [2.45, 2.75) is 0 Å². The van der Waals surface area contributed by atoms with E-state index in [0.717, 1.165) is 4.88 Å². The quantitative estimate of drug-likeness (QED) is 0.663. The number of hydrogen-bond donors (Lipinski definition) is 1. The Morgan fingerprint density at radius 1 is 1.27 bits per heavy atom. The molecule has 0 atom stereocenters. The standard InChI is InChI=1S/C15H11FN2OS3/c16-11-5-1-2-6-12(11)17-9-18-14(19)13(22-15(18)20)8-10-4-3-7-21-10/h1-8,17H,9H2. The second-order valence-electron chi connectivity index (χ2n) is 4.44. The molecule has 0 saturated carbocycles. The third-order valence-corrected chi connectivity index (χ3v) is 5.19. The number of nitrogens with zero attached hydrogens (tertiary/aromatic N) is 1. The molecular formula is C15H11FN2OS3. The van der Waals surface area contributed by atoms with Crippen molar-refractivity contribution in [3.63, 3.8) is 0 Å². The molecule has 0 radical (unpaired) electrons. The first-order valence-electron chi connectivity index (χ1n) is 6.42. The number of halogens is 1. The predicted octanol–water partition coefficient (Wildman–Crippen LogP) is 4.16. The third-order valence-electron chi connectivity index (χ3n) is 2.99. The molecule has 1 aliphatic heterocycles. The van der Waals surface area contributed by atoms with E-state index in [1.54, 1.807) is 29.5 Å². The van der Waals surface area contributed by atoms with E-state index in [4.69, 9.17) is 12.2 Å². The van der Waals surface area contributed by atoms with Crippen LogP contribution in [0.3, 0.4) is 0 Å². The first kappa shape index (κ1) is 15.2. The molecule has 1 fully saturated rings. The van der Waals surface area contributed by atoms with Gasteiger partial charge in [-0.1, -0.05) is 42.2 Å². The zero-order valence-electron chi connectivity index (χ0n) is 11.3. The summed E-state index contributed by atoms with van der Waals surface area (Å²) in [4.78, 5) is 15.4. The van der Waals surface area contributed by atoms with Crippen molar-refractivity contribution in [2.24, 2.45) is 0 Å². The molecule has 1 saturated heterocycles. The van der Waals surface area contributed by atoms with Gasteiger partial charge < -0.3 is 5.32 Å². The number of rotatable bonds is 4. The van der Waals surface area contributed by atoms with Gasteiger partial charge in [-0.15, -0.1) is 11.3 Å². The Hall–Kier alpha value is -1.70. The van der Waals surface area contributed by atoms with Crippen LogP contribution in [-0.2, 0) is 4.79 Å². The summed E-state index contributed by atoms with van der Waals surface area (Å²) in [5, 5.41) is 4.85. The topological polar surface area (TPSA) is 32.3 Å². The van der Waals surface area contributed by atoms with E-state index in [-0.39, 0.29) is 18.4 Å². The van der Waals surface area contributed by atoms with E-state index in [1.807, 2.05) is 23.6 Å². The molecule has 2 aromatic rings. The van der Waals surface area contributed by atoms with Gasteiger partial charge in [-0.25, -0.2) is 4.39 Å². The number of anilines is 1. The largest absolute Gasteiger partial charge is 0.365 e. The van der Waals surface area contributed by atoms with Gasteiger partial charge in [-0.3, -0.25) is 9.69 Å². The summed E-state index contributed by atoms with van der Waals surface area (Å²) in [7, 11) is 0. The van der Waals surface area contributed by atoms with Gasteiger partial charge in [0.05, 0.1) is 17.3 Å². The molecule has 0 aliphatic carbocycles. The maximum Gasteiger partial charge on any atom is 0.267 e. The molecule has 0 unspecified atom stereocenters. The monoisotopic (exact) mass is 350 g/mol. The minimum atomic E-state index is -0.359. The van der Waals surface area contributed by atoms with Crippen molar-refractivity contribution in [1.82, 2.24) is 4.90 Å². The summed E-state index contributed by atoms with van der Waals surface area (Å²) in [6, 6.07) is 10.2. The minimum Gasteiger partial charge on any atom is -0.365 e. The van der Waals surface area contributed by atoms with Crippen LogP contribution in [0.15, 0.2) is 46.7 Å². The number of para-hydroxylation sites is 1. The highest BCUT2D eigenvalue weighted by molar-refractivity contribution is 8.26. The van der Waals surface area contributed by atoms with Crippen molar-refractivity contribution in [1.29, 1.82) is 0 Å². The minimum absolute atomic E-state index is 0.146. The van der Waals surface area contributed by atoms with Crippen LogP contribution in [0.25, 0.3) is 6.08 Å². The number of benzene rings is 1. The SMILES string of the molecule is O=C1C(=Cc2cccs2)SC(=S)N1CNc1ccccc1F. The maximum atomic E-state index is 13.6. The molecule has 0 spiro atoms. The molecule has 7 heteroatoms. The smallest absolute Gasteiger partial charge is 0.267 e. The second kappa shape index (κ2) is 6.60. The molecule has 3 nitrogen and oxygen atoms in total. The Labute approximate surface area is 140 Å². The number of hydrogen-bond acceptors (Lipinski definition) is 5. The Bertz CT molecular complexity index is 743. The van der Waals surface area contributed by atoms with E-state index in [9.17, 15) is 9.18 Å². The molecule has 1 amide bonds. The number of carbonyl (C=O) groups is 1. The summed E-state index contributed by atoms with van der Waals surface area (Å²) < 4.78 is 14.0. The molecule has 2 heterocycles. The summed E-state index contributed by atoms with van der Waals surface area (Å²) in [6.45, 7) is 0.146. The lowest BCUT2D eigenvalue weighted by Gasteiger charge is -2.16. The average molecular weight is 350 g/mol. The van der Waals surface area contributed by atoms with E-state index >= 15 is 0 Å². The van der Waals surface area contributed by atoms with Crippen molar-refractivity contribution >= 4 is 57.3 Å². The zero-order valence-corrected chi connectivity index (χ0v) is 13.7. The first-order valence-corrected chi connectivity index (χ1v) is 8.53. The first-order chi connectivity index (χ1) is 10.6. The van der Waals surface area contributed by atoms with Gasteiger partial charge in [0.1, 0.15) is 10.1 Å². The van der Waals surface area contributed by atoms with Crippen LogP contribution in [-0.4, -0.2) is 21.8 Å². The molecule has 1 aromatic carbocycles. The molecule has 1 aliphatic rings. The van der Waals surface area contributed by atoms with Crippen LogP contribution in [0.4, 0.5) is 10.1 Å². The Morgan fingerprint density at radius 2 is 2.09 bits per heavy atom. The number of amides is 1. The average Bonchev–Trinajstić information content (AvgIpc) is 3.09. The molecule has 0 bridgehead atoms. The summed E-state index contributed by atoms with van der Waals surface area (Å²) in [5.74, 6) is -0.519. The van der Waals surface area contributed by atoms with E-state index in [0.29, 0.717) is 14.9 Å². The van der Waals surface area contributed by atoms with E-state index < -0.39 is 0 Å². The number of carbonyl (C=O) groups excluding carboxylic acids is 1. The van der Waals surface area contributed by atoms with Gasteiger partial charge in [-0.05, 0) is 29.7 Å². The highest BCUT2D eigenvalue weighted by Crippen LogP contribution is 2.33. The fourth-order valence-corrected chi connectivity index (χ4v) is 3.89. The highest BCUT2D eigenvalue weighted by Gasteiger charge is 2.31. The predicted molar refractivity (Wildman–Crippen MR) is 94.2 cm³/mol. The number of nitrogens with one attached hydrogen (secondary N) is 1. The van der Waals surface area contributed by atoms with E-state index in [2.05, 4.69) is 5.32 Å². The molecular weight excluding hydrogens is 339 g/mol. The van der Waals surface area contributed by atoms with Crippen LogP contribution in [0.2, 0.25) is 0 Å². The lowest BCUT2D eigenvalue weighted by Crippen LogP contribution is -2.33.